The molecule has 4 aliphatic rings. The van der Waals surface area contributed by atoms with Crippen molar-refractivity contribution in [3.63, 3.8) is 0 Å². The molecule has 12 aromatic carbocycles. The van der Waals surface area contributed by atoms with Crippen LogP contribution in [0.5, 0.6) is 0 Å². The van der Waals surface area contributed by atoms with Gasteiger partial charge >= 0.3 is 0 Å². The smallest absolute Gasteiger partial charge is 0.0922 e. The molecule has 0 spiro atoms. The Morgan fingerprint density at radius 1 is 0.214 bits per heavy atom. The van der Waals surface area contributed by atoms with Gasteiger partial charge in [-0.1, -0.05) is 316 Å². The summed E-state index contributed by atoms with van der Waals surface area (Å²) in [6, 6.07) is 112. The second-order valence-electron chi connectivity index (χ2n) is 37.7. The zero-order valence-corrected chi connectivity index (χ0v) is 69.1. The van der Waals surface area contributed by atoms with Gasteiger partial charge in [-0.15, -0.1) is 0 Å². The highest BCUT2D eigenvalue weighted by atomic mass is 15.3. The molecule has 0 radical (unpaired) electrons. The van der Waals surface area contributed by atoms with Crippen LogP contribution in [0.1, 0.15) is 135 Å². The van der Waals surface area contributed by atoms with E-state index in [1.165, 1.54) is 259 Å². The van der Waals surface area contributed by atoms with E-state index >= 15 is 0 Å². The van der Waals surface area contributed by atoms with E-state index in [9.17, 15) is 0 Å². The summed E-state index contributed by atoms with van der Waals surface area (Å²) in [5, 5.41) is 0. The molecule has 0 N–H and O–H groups in total. The van der Waals surface area contributed by atoms with E-state index in [0.29, 0.717) is 0 Å². The SMILES string of the molecule is Cc1ccc(-c2ccc(-c3ccc(C4(c5ccc(-c6ccc(-c7ccc(C8(C)CCC[N+](C)(CCCCCC[N+]9(C)CCCC(C)(c%10ccc(-c%11ccc(-c%12ccc(C%13(c%14ccc(-c%15ccc(-c%16ccc(C)cc%16)cc%15)cc%14)CCC[N+](C)(C)C%13)cc%12)cc%11)cc%10)C9)C8)cc7)cc6)cc5)CCC[N+](C)(C)C4)cc3)cc2)cc1. The van der Waals surface area contributed by atoms with E-state index in [1.54, 1.807) is 0 Å². The van der Waals surface area contributed by atoms with Crippen LogP contribution in [-0.2, 0) is 21.7 Å². The van der Waals surface area contributed by atoms with Gasteiger partial charge in [-0.3, -0.25) is 0 Å². The number of likely N-dealkylation sites (N-methyl/N-ethyl adjacent to an activating group) is 4. The highest BCUT2D eigenvalue weighted by molar-refractivity contribution is 5.76. The van der Waals surface area contributed by atoms with Crippen molar-refractivity contribution in [3.8, 4) is 89.0 Å². The Hall–Kier alpha value is -9.52. The minimum Gasteiger partial charge on any atom is -0.327 e. The second-order valence-corrected chi connectivity index (χ2v) is 37.7. The van der Waals surface area contributed by atoms with Crippen LogP contribution < -0.4 is 0 Å². The Bertz CT molecular complexity index is 4830. The van der Waals surface area contributed by atoms with E-state index in [-0.39, 0.29) is 21.7 Å². The molecule has 4 nitrogen and oxygen atoms in total. The van der Waals surface area contributed by atoms with Crippen molar-refractivity contribution in [1.82, 2.24) is 0 Å². The summed E-state index contributed by atoms with van der Waals surface area (Å²) in [5.74, 6) is 0. The molecule has 4 heteroatoms. The summed E-state index contributed by atoms with van der Waals surface area (Å²) < 4.78 is 4.41. The predicted molar refractivity (Wildman–Crippen MR) is 476 cm³/mol. The van der Waals surface area contributed by atoms with Crippen LogP contribution in [0.3, 0.4) is 0 Å². The quantitative estimate of drug-likeness (QED) is 0.0497. The maximum atomic E-state index is 2.56. The molecule has 570 valence electrons. The van der Waals surface area contributed by atoms with Crippen molar-refractivity contribution >= 4 is 0 Å². The number of hydrogen-bond acceptors (Lipinski definition) is 0. The van der Waals surface area contributed by atoms with Crippen molar-refractivity contribution < 1.29 is 17.9 Å². The van der Waals surface area contributed by atoms with E-state index < -0.39 is 0 Å². The van der Waals surface area contributed by atoms with Crippen LogP contribution >= 0.6 is 0 Å². The van der Waals surface area contributed by atoms with Gasteiger partial charge < -0.3 is 17.9 Å². The molecule has 6 unspecified atom stereocenters. The van der Waals surface area contributed by atoms with Crippen LogP contribution in [0, 0.1) is 13.8 Å². The number of aryl methyl sites for hydroxylation is 2. The molecule has 112 heavy (non-hydrogen) atoms. The van der Waals surface area contributed by atoms with Gasteiger partial charge in [0, 0.05) is 10.8 Å². The van der Waals surface area contributed by atoms with Gasteiger partial charge in [0.15, 0.2) is 0 Å². The van der Waals surface area contributed by atoms with Crippen molar-refractivity contribution in [1.29, 1.82) is 0 Å². The maximum Gasteiger partial charge on any atom is 0.0922 e. The molecule has 12 aromatic rings. The summed E-state index contributed by atoms with van der Waals surface area (Å²) in [6.07, 6.45) is 15.1. The van der Waals surface area contributed by atoms with Gasteiger partial charge in [-0.05, 0) is 213 Å². The summed E-state index contributed by atoms with van der Waals surface area (Å²) in [5.41, 5.74) is 31.9. The first-order chi connectivity index (χ1) is 54.0. The molecule has 4 aliphatic heterocycles. The number of nitrogens with zero attached hydrogens (tertiary/aromatic N) is 4. The molecule has 16 rings (SSSR count). The minimum atomic E-state index is -0.0461. The fourth-order valence-electron chi connectivity index (χ4n) is 21.5. The average Bonchev–Trinajstić information content (AvgIpc) is 0.747. The summed E-state index contributed by atoms with van der Waals surface area (Å²) in [6.45, 7) is 21.6. The minimum absolute atomic E-state index is 0.0461. The third-order valence-corrected chi connectivity index (χ3v) is 27.8. The second kappa shape index (κ2) is 31.5. The first-order valence-electron chi connectivity index (χ1n) is 42.5. The number of piperidine rings is 4. The third-order valence-electron chi connectivity index (χ3n) is 27.8. The molecule has 0 aliphatic carbocycles. The molecule has 4 heterocycles. The average molecular weight is 1480 g/mol. The van der Waals surface area contributed by atoms with Gasteiger partial charge in [0.25, 0.3) is 0 Å². The monoisotopic (exact) mass is 1470 g/mol. The van der Waals surface area contributed by atoms with E-state index in [0.717, 1.165) is 34.9 Å². The molecule has 4 saturated heterocycles. The Morgan fingerprint density at radius 2 is 0.402 bits per heavy atom. The van der Waals surface area contributed by atoms with Crippen LogP contribution in [-0.4, -0.2) is 126 Å². The van der Waals surface area contributed by atoms with E-state index in [1.807, 2.05) is 0 Å². The van der Waals surface area contributed by atoms with Crippen LogP contribution in [0.15, 0.2) is 291 Å². The fraction of sp³-hybridized carbons (Fsp3) is 0.333. The van der Waals surface area contributed by atoms with Crippen LogP contribution in [0.25, 0.3) is 89.0 Å². The number of unbranched alkanes of at least 4 members (excludes halogenated alkanes) is 3. The molecule has 0 bridgehead atoms. The maximum absolute atomic E-state index is 2.56. The zero-order valence-electron chi connectivity index (χ0n) is 69.1. The summed E-state index contributed by atoms with van der Waals surface area (Å²) in [7, 11) is 14.8. The molecule has 0 aromatic heterocycles. The van der Waals surface area contributed by atoms with E-state index in [4.69, 9.17) is 0 Å². The molecule has 6 atom stereocenters. The lowest BCUT2D eigenvalue weighted by Crippen LogP contribution is -2.56. The van der Waals surface area contributed by atoms with Gasteiger partial charge in [0.05, 0.1) is 119 Å². The molecular formula is C108H122N4+4. The normalized spacial score (nSPS) is 23.6. The van der Waals surface area contributed by atoms with Crippen LogP contribution in [0.2, 0.25) is 0 Å². The Kier molecular flexibility index (Phi) is 21.5. The van der Waals surface area contributed by atoms with Gasteiger partial charge in [0.1, 0.15) is 0 Å². The standard InChI is InChI=1S/C108H122N4/c1-81-19-23-83(24-20-81)85-27-31-89(32-28-85)95-47-59-101(60-48-95)107(69-17-71-109(5,6)79-107)103-63-51-97(52-64-103)91-39-35-87(36-40-91)93-43-55-99(56-44-93)105(3)67-15-75-111(9,77-105)73-13-11-12-14-74-112(10)76-16-68-106(4,78-112)100-57-45-94(46-58-100)88-37-41-92(42-38-88)98-53-65-104(66-54-98)108(70-18-72-110(7,8)80-108)102-61-49-96(50-62-102)90-33-29-86(30-34-90)84-25-21-82(2)22-26-84/h19-66H,11-18,67-80H2,1-10H3/q+4. The highest BCUT2D eigenvalue weighted by Crippen LogP contribution is 2.47. The summed E-state index contributed by atoms with van der Waals surface area (Å²) in [4.78, 5) is 0. The highest BCUT2D eigenvalue weighted by Gasteiger charge is 2.47. The topological polar surface area (TPSA) is 0 Å². The number of hydrogen-bond donors (Lipinski definition) is 0. The summed E-state index contributed by atoms with van der Waals surface area (Å²) >= 11 is 0. The van der Waals surface area contributed by atoms with Gasteiger partial charge in [0.2, 0.25) is 0 Å². The lowest BCUT2D eigenvalue weighted by Gasteiger charge is -2.47. The van der Waals surface area contributed by atoms with Gasteiger partial charge in [-0.2, -0.15) is 0 Å². The lowest BCUT2D eigenvalue weighted by atomic mass is 9.68. The Balaban J connectivity index is 0.491. The third kappa shape index (κ3) is 16.5. The number of rotatable bonds is 21. The number of quaternary nitrogens is 4. The first kappa shape index (κ1) is 76.5. The largest absolute Gasteiger partial charge is 0.327 e. The van der Waals surface area contributed by atoms with Crippen LogP contribution in [0.4, 0.5) is 0 Å². The first-order valence-corrected chi connectivity index (χ1v) is 42.5. The number of likely N-dealkylation sites (tertiary alicyclic amines) is 4. The lowest BCUT2D eigenvalue weighted by molar-refractivity contribution is -0.919. The molecular weight excluding hydrogens is 1350 g/mol. The van der Waals surface area contributed by atoms with Crippen molar-refractivity contribution in [3.05, 3.63) is 336 Å². The molecule has 0 amide bonds. The van der Waals surface area contributed by atoms with Gasteiger partial charge in [-0.25, -0.2) is 0 Å². The molecule has 4 fully saturated rings. The van der Waals surface area contributed by atoms with Crippen molar-refractivity contribution in [2.24, 2.45) is 0 Å². The number of benzene rings is 12. The zero-order chi connectivity index (χ0) is 77.4. The van der Waals surface area contributed by atoms with Crippen molar-refractivity contribution in [2.45, 2.75) is 126 Å². The Morgan fingerprint density at radius 3 is 0.616 bits per heavy atom. The van der Waals surface area contributed by atoms with E-state index in [2.05, 4.69) is 361 Å². The predicted octanol–water partition coefficient (Wildman–Crippen LogP) is 25.2. The molecule has 0 saturated carbocycles. The fourth-order valence-corrected chi connectivity index (χ4v) is 21.5. The van der Waals surface area contributed by atoms with Crippen molar-refractivity contribution in [2.75, 3.05) is 108 Å². The Labute approximate surface area is 672 Å².